The maximum Gasteiger partial charge on any atom is 0.0107 e. The second kappa shape index (κ2) is 5.51. The molecule has 0 bridgehead atoms. The summed E-state index contributed by atoms with van der Waals surface area (Å²) in [6.07, 6.45) is 5.64. The van der Waals surface area contributed by atoms with Crippen molar-refractivity contribution in [3.63, 3.8) is 0 Å². The molecule has 0 saturated carbocycles. The van der Waals surface area contributed by atoms with Gasteiger partial charge >= 0.3 is 0 Å². The van der Waals surface area contributed by atoms with Gasteiger partial charge < -0.3 is 14.8 Å². The molecule has 3 nitrogen and oxygen atoms in total. The number of aromatic nitrogens is 1. The van der Waals surface area contributed by atoms with Crippen LogP contribution < -0.4 is 5.32 Å². The summed E-state index contributed by atoms with van der Waals surface area (Å²) in [6, 6.07) is 2.24. The zero-order chi connectivity index (χ0) is 11.4. The Morgan fingerprint density at radius 2 is 2.12 bits per heavy atom. The number of aryl methyl sites for hydroxylation is 1. The summed E-state index contributed by atoms with van der Waals surface area (Å²) in [5.41, 5.74) is 1.47. The van der Waals surface area contributed by atoms with Crippen LogP contribution in [0.2, 0.25) is 0 Å². The molecule has 1 saturated heterocycles. The van der Waals surface area contributed by atoms with Crippen LogP contribution in [0.25, 0.3) is 0 Å². The van der Waals surface area contributed by atoms with Crippen LogP contribution in [0, 0.1) is 0 Å². The van der Waals surface area contributed by atoms with E-state index < -0.39 is 0 Å². The zero-order valence-corrected chi connectivity index (χ0v) is 10.4. The predicted octanol–water partition coefficient (Wildman–Crippen LogP) is 1.42. The third kappa shape index (κ3) is 3.09. The number of nitrogens with one attached hydrogen (secondary N) is 1. The van der Waals surface area contributed by atoms with E-state index in [0.717, 1.165) is 13.1 Å². The number of nitrogens with zero attached hydrogens (tertiary/aromatic N) is 2. The van der Waals surface area contributed by atoms with Crippen LogP contribution in [-0.4, -0.2) is 42.2 Å². The fourth-order valence-electron chi connectivity index (χ4n) is 2.29. The van der Waals surface area contributed by atoms with Gasteiger partial charge in [-0.1, -0.05) is 6.92 Å². The van der Waals surface area contributed by atoms with E-state index in [2.05, 4.69) is 47.2 Å². The SMILES string of the molecule is CC(CCN1CCNCC1)c1ccn(C)c1. The standard InChI is InChI=1S/C13H23N3/c1-12(13-4-7-15(2)11-13)3-8-16-9-5-14-6-10-16/h4,7,11-12,14H,3,5-6,8-10H2,1-2H3. The minimum atomic E-state index is 0.677. The molecule has 16 heavy (non-hydrogen) atoms. The van der Waals surface area contributed by atoms with Crippen LogP contribution in [-0.2, 0) is 7.05 Å². The van der Waals surface area contributed by atoms with Crippen LogP contribution >= 0.6 is 0 Å². The third-order valence-electron chi connectivity index (χ3n) is 3.51. The van der Waals surface area contributed by atoms with E-state index in [9.17, 15) is 0 Å². The molecule has 1 atom stereocenters. The van der Waals surface area contributed by atoms with E-state index in [-0.39, 0.29) is 0 Å². The van der Waals surface area contributed by atoms with Gasteiger partial charge in [0.2, 0.25) is 0 Å². The highest BCUT2D eigenvalue weighted by molar-refractivity contribution is 5.14. The number of hydrogen-bond acceptors (Lipinski definition) is 2. The van der Waals surface area contributed by atoms with Crippen LogP contribution in [0.1, 0.15) is 24.8 Å². The molecule has 90 valence electrons. The van der Waals surface area contributed by atoms with Crippen LogP contribution in [0.4, 0.5) is 0 Å². The number of rotatable bonds is 4. The molecule has 1 fully saturated rings. The maximum atomic E-state index is 3.39. The fraction of sp³-hybridized carbons (Fsp3) is 0.692. The number of piperazine rings is 1. The highest BCUT2D eigenvalue weighted by Gasteiger charge is 2.12. The smallest absolute Gasteiger partial charge is 0.0107 e. The molecule has 0 spiro atoms. The second-order valence-corrected chi connectivity index (χ2v) is 4.89. The first-order chi connectivity index (χ1) is 7.75. The summed E-state index contributed by atoms with van der Waals surface area (Å²) in [7, 11) is 2.09. The molecule has 1 aromatic heterocycles. The van der Waals surface area contributed by atoms with Gasteiger partial charge in [-0.25, -0.2) is 0 Å². The van der Waals surface area contributed by atoms with E-state index in [1.54, 1.807) is 0 Å². The van der Waals surface area contributed by atoms with Gasteiger partial charge in [-0.05, 0) is 30.5 Å². The van der Waals surface area contributed by atoms with Gasteiger partial charge in [0.1, 0.15) is 0 Å². The zero-order valence-electron chi connectivity index (χ0n) is 10.4. The van der Waals surface area contributed by atoms with Gasteiger partial charge in [-0.2, -0.15) is 0 Å². The first kappa shape index (κ1) is 11.7. The Morgan fingerprint density at radius 1 is 1.38 bits per heavy atom. The van der Waals surface area contributed by atoms with Crippen LogP contribution in [0.15, 0.2) is 18.5 Å². The molecule has 0 radical (unpaired) electrons. The fourth-order valence-corrected chi connectivity index (χ4v) is 2.29. The average Bonchev–Trinajstić information content (AvgIpc) is 2.74. The third-order valence-corrected chi connectivity index (χ3v) is 3.51. The van der Waals surface area contributed by atoms with Crippen molar-refractivity contribution in [2.24, 2.45) is 7.05 Å². The van der Waals surface area contributed by atoms with Crippen molar-refractivity contribution in [3.8, 4) is 0 Å². The lowest BCUT2D eigenvalue weighted by Gasteiger charge is -2.28. The largest absolute Gasteiger partial charge is 0.357 e. The molecule has 2 heterocycles. The predicted molar refractivity (Wildman–Crippen MR) is 67.8 cm³/mol. The molecule has 1 aromatic rings. The quantitative estimate of drug-likeness (QED) is 0.830. The van der Waals surface area contributed by atoms with Gasteiger partial charge in [0.25, 0.3) is 0 Å². The molecule has 3 heteroatoms. The molecule has 1 aliphatic heterocycles. The summed E-state index contributed by atoms with van der Waals surface area (Å²) >= 11 is 0. The molecule has 1 unspecified atom stereocenters. The van der Waals surface area contributed by atoms with Gasteiger partial charge in [-0.15, -0.1) is 0 Å². The van der Waals surface area contributed by atoms with Gasteiger partial charge in [-0.3, -0.25) is 0 Å². The van der Waals surface area contributed by atoms with Crippen molar-refractivity contribution in [1.82, 2.24) is 14.8 Å². The lowest BCUT2D eigenvalue weighted by atomic mass is 10.0. The van der Waals surface area contributed by atoms with E-state index in [0.29, 0.717) is 5.92 Å². The van der Waals surface area contributed by atoms with E-state index >= 15 is 0 Å². The minimum absolute atomic E-state index is 0.677. The van der Waals surface area contributed by atoms with Crippen molar-refractivity contribution in [3.05, 3.63) is 24.0 Å². The summed E-state index contributed by atoms with van der Waals surface area (Å²) < 4.78 is 2.14. The molecule has 0 aliphatic carbocycles. The minimum Gasteiger partial charge on any atom is -0.357 e. The molecule has 0 aromatic carbocycles. The lowest BCUT2D eigenvalue weighted by Crippen LogP contribution is -2.43. The Kier molecular flexibility index (Phi) is 4.02. The van der Waals surface area contributed by atoms with E-state index in [4.69, 9.17) is 0 Å². The highest BCUT2D eigenvalue weighted by Crippen LogP contribution is 2.19. The van der Waals surface area contributed by atoms with Crippen LogP contribution in [0.3, 0.4) is 0 Å². The van der Waals surface area contributed by atoms with Crippen molar-refractivity contribution in [1.29, 1.82) is 0 Å². The summed E-state index contributed by atoms with van der Waals surface area (Å²) in [5.74, 6) is 0.677. The molecular formula is C13H23N3. The monoisotopic (exact) mass is 221 g/mol. The van der Waals surface area contributed by atoms with Crippen molar-refractivity contribution >= 4 is 0 Å². The number of hydrogen-bond donors (Lipinski definition) is 1. The second-order valence-electron chi connectivity index (χ2n) is 4.89. The Balaban J connectivity index is 1.76. The summed E-state index contributed by atoms with van der Waals surface area (Å²) in [5, 5.41) is 3.39. The van der Waals surface area contributed by atoms with Crippen molar-refractivity contribution < 1.29 is 0 Å². The van der Waals surface area contributed by atoms with Gasteiger partial charge in [0.05, 0.1) is 0 Å². The topological polar surface area (TPSA) is 20.2 Å². The Bertz CT molecular complexity index is 313. The van der Waals surface area contributed by atoms with Crippen molar-refractivity contribution in [2.75, 3.05) is 32.7 Å². The lowest BCUT2D eigenvalue weighted by molar-refractivity contribution is 0.234. The Labute approximate surface area is 98.4 Å². The first-order valence-electron chi connectivity index (χ1n) is 6.30. The molecule has 1 N–H and O–H groups in total. The van der Waals surface area contributed by atoms with E-state index in [1.807, 2.05) is 0 Å². The Morgan fingerprint density at radius 3 is 2.75 bits per heavy atom. The van der Waals surface area contributed by atoms with Gasteiger partial charge in [0.15, 0.2) is 0 Å². The van der Waals surface area contributed by atoms with Crippen LogP contribution in [0.5, 0.6) is 0 Å². The van der Waals surface area contributed by atoms with E-state index in [1.165, 1.54) is 31.6 Å². The van der Waals surface area contributed by atoms with Gasteiger partial charge in [0, 0.05) is 45.6 Å². The van der Waals surface area contributed by atoms with Crippen molar-refractivity contribution in [2.45, 2.75) is 19.3 Å². The molecule has 2 rings (SSSR count). The molecule has 0 amide bonds. The first-order valence-corrected chi connectivity index (χ1v) is 6.30. The summed E-state index contributed by atoms with van der Waals surface area (Å²) in [4.78, 5) is 2.57. The molecular weight excluding hydrogens is 198 g/mol. The Hall–Kier alpha value is -0.800. The molecule has 1 aliphatic rings. The summed E-state index contributed by atoms with van der Waals surface area (Å²) in [6.45, 7) is 8.29. The maximum absolute atomic E-state index is 3.39. The highest BCUT2D eigenvalue weighted by atomic mass is 15.2. The average molecular weight is 221 g/mol. The normalized spacial score (nSPS) is 19.9.